The summed E-state index contributed by atoms with van der Waals surface area (Å²) in [5.41, 5.74) is 1.40. The van der Waals surface area contributed by atoms with Crippen molar-refractivity contribution < 1.29 is 4.79 Å². The van der Waals surface area contributed by atoms with E-state index in [9.17, 15) is 4.79 Å². The molecule has 6 nitrogen and oxygen atoms in total. The molecule has 26 heavy (non-hydrogen) atoms. The van der Waals surface area contributed by atoms with Crippen molar-refractivity contribution in [2.45, 2.75) is 51.1 Å². The lowest BCUT2D eigenvalue weighted by Crippen LogP contribution is -2.45. The normalized spacial score (nSPS) is 16.6. The lowest BCUT2D eigenvalue weighted by molar-refractivity contribution is 0.0918. The second-order valence-electron chi connectivity index (χ2n) is 7.35. The predicted molar refractivity (Wildman–Crippen MR) is 105 cm³/mol. The monoisotopic (exact) mass is 377 g/mol. The lowest BCUT2D eigenvalue weighted by atomic mass is 9.78. The first kappa shape index (κ1) is 20.4. The number of carbonyl (C=O) groups is 1. The molecule has 2 aromatic rings. The number of benzene rings is 1. The number of piperidine rings is 1. The van der Waals surface area contributed by atoms with Gasteiger partial charge >= 0.3 is 0 Å². The molecular weight excluding hydrogens is 350 g/mol. The Kier molecular flexibility index (Phi) is 6.78. The zero-order valence-corrected chi connectivity index (χ0v) is 16.4. The van der Waals surface area contributed by atoms with Crippen LogP contribution in [0.15, 0.2) is 36.5 Å². The van der Waals surface area contributed by atoms with Crippen LogP contribution < -0.4 is 10.6 Å². The number of nitrogens with one attached hydrogen (secondary N) is 2. The van der Waals surface area contributed by atoms with Gasteiger partial charge in [0.1, 0.15) is 0 Å². The van der Waals surface area contributed by atoms with E-state index in [2.05, 4.69) is 46.9 Å². The molecule has 0 radical (unpaired) electrons. The summed E-state index contributed by atoms with van der Waals surface area (Å²) >= 11 is 0. The highest BCUT2D eigenvalue weighted by Crippen LogP contribution is 2.27. The van der Waals surface area contributed by atoms with Crippen LogP contribution in [0, 0.1) is 0 Å². The summed E-state index contributed by atoms with van der Waals surface area (Å²) < 4.78 is 1.84. The first-order valence-corrected chi connectivity index (χ1v) is 8.97. The number of rotatable bonds is 5. The molecule has 2 heterocycles. The van der Waals surface area contributed by atoms with Crippen molar-refractivity contribution in [3.8, 4) is 0 Å². The first-order chi connectivity index (χ1) is 12.0. The quantitative estimate of drug-likeness (QED) is 0.840. The fourth-order valence-corrected chi connectivity index (χ4v) is 3.20. The van der Waals surface area contributed by atoms with Crippen LogP contribution in [0.25, 0.3) is 0 Å². The highest BCUT2D eigenvalue weighted by Gasteiger charge is 2.30. The van der Waals surface area contributed by atoms with Crippen molar-refractivity contribution >= 4 is 18.3 Å². The van der Waals surface area contributed by atoms with Gasteiger partial charge in [-0.3, -0.25) is 4.79 Å². The van der Waals surface area contributed by atoms with Gasteiger partial charge < -0.3 is 10.6 Å². The van der Waals surface area contributed by atoms with Gasteiger partial charge in [-0.25, -0.2) is 4.68 Å². The largest absolute Gasteiger partial charge is 0.347 e. The molecule has 1 atom stereocenters. The maximum Gasteiger partial charge on any atom is 0.273 e. The van der Waals surface area contributed by atoms with Gasteiger partial charge in [-0.15, -0.1) is 17.5 Å². The van der Waals surface area contributed by atoms with E-state index in [0.29, 0.717) is 11.7 Å². The molecule has 142 valence electrons. The number of hydrogen-bond acceptors (Lipinski definition) is 4. The second-order valence-corrected chi connectivity index (χ2v) is 7.35. The molecule has 7 heteroatoms. The lowest BCUT2D eigenvalue weighted by Gasteiger charge is -2.32. The van der Waals surface area contributed by atoms with Crippen molar-refractivity contribution in [2.75, 3.05) is 13.1 Å². The third kappa shape index (κ3) is 4.43. The molecule has 0 bridgehead atoms. The Morgan fingerprint density at radius 3 is 2.58 bits per heavy atom. The minimum atomic E-state index is -0.179. The Morgan fingerprint density at radius 1 is 1.27 bits per heavy atom. The summed E-state index contributed by atoms with van der Waals surface area (Å²) in [5, 5.41) is 14.7. The number of nitrogens with zero attached hydrogens (tertiary/aromatic N) is 3. The summed E-state index contributed by atoms with van der Waals surface area (Å²) in [6.07, 6.45) is 3.80. The Balaban J connectivity index is 0.00000243. The third-order valence-corrected chi connectivity index (χ3v) is 5.37. The average molecular weight is 378 g/mol. The Labute approximate surface area is 161 Å². The molecule has 0 spiro atoms. The van der Waals surface area contributed by atoms with Crippen molar-refractivity contribution in [2.24, 2.45) is 0 Å². The summed E-state index contributed by atoms with van der Waals surface area (Å²) in [6, 6.07) is 10.5. The summed E-state index contributed by atoms with van der Waals surface area (Å²) in [7, 11) is 0. The number of hydrogen-bond donors (Lipinski definition) is 2. The predicted octanol–water partition coefficient (Wildman–Crippen LogP) is 2.72. The fourth-order valence-electron chi connectivity index (χ4n) is 3.20. The van der Waals surface area contributed by atoms with Crippen molar-refractivity contribution in [1.82, 2.24) is 25.6 Å². The highest BCUT2D eigenvalue weighted by molar-refractivity contribution is 5.92. The van der Waals surface area contributed by atoms with Crippen LogP contribution in [0.5, 0.6) is 0 Å². The van der Waals surface area contributed by atoms with Crippen LogP contribution in [0.2, 0.25) is 0 Å². The molecule has 1 saturated heterocycles. The third-order valence-electron chi connectivity index (χ3n) is 5.37. The van der Waals surface area contributed by atoms with Gasteiger partial charge in [0, 0.05) is 11.5 Å². The van der Waals surface area contributed by atoms with Gasteiger partial charge in [0.25, 0.3) is 5.91 Å². The van der Waals surface area contributed by atoms with E-state index in [-0.39, 0.29) is 29.8 Å². The molecule has 0 aliphatic carbocycles. The molecule has 1 unspecified atom stereocenters. The van der Waals surface area contributed by atoms with Crippen LogP contribution in [-0.2, 0) is 5.41 Å². The van der Waals surface area contributed by atoms with Gasteiger partial charge in [0.05, 0.1) is 12.2 Å². The number of halogens is 1. The molecule has 2 N–H and O–H groups in total. The molecule has 3 rings (SSSR count). The van der Waals surface area contributed by atoms with E-state index < -0.39 is 0 Å². The maximum absolute atomic E-state index is 12.6. The van der Waals surface area contributed by atoms with E-state index in [0.717, 1.165) is 25.9 Å². The summed E-state index contributed by atoms with van der Waals surface area (Å²) in [5.74, 6) is -0.170. The molecule has 1 aliphatic rings. The van der Waals surface area contributed by atoms with E-state index in [1.165, 1.54) is 5.56 Å². The smallest absolute Gasteiger partial charge is 0.273 e. The molecule has 1 aliphatic heterocycles. The second kappa shape index (κ2) is 8.64. The van der Waals surface area contributed by atoms with Crippen LogP contribution in [0.3, 0.4) is 0 Å². The van der Waals surface area contributed by atoms with Crippen molar-refractivity contribution in [3.63, 3.8) is 0 Å². The van der Waals surface area contributed by atoms with Crippen molar-refractivity contribution in [3.05, 3.63) is 47.8 Å². The van der Waals surface area contributed by atoms with Crippen molar-refractivity contribution in [1.29, 1.82) is 0 Å². The standard InChI is InChI=1S/C19H27N5O.ClH/c1-14(19(2,3)15-7-5-4-6-8-15)21-18(25)17-13-24(23-22-17)16-9-11-20-12-10-16;/h4-8,13-14,16,20H,9-12H2,1-3H3,(H,21,25);1H. The van der Waals surface area contributed by atoms with Gasteiger partial charge in [-0.1, -0.05) is 49.4 Å². The van der Waals surface area contributed by atoms with E-state index in [1.807, 2.05) is 29.8 Å². The molecule has 0 saturated carbocycles. The summed E-state index contributed by atoms with van der Waals surface area (Å²) in [6.45, 7) is 8.27. The minimum Gasteiger partial charge on any atom is -0.347 e. The Morgan fingerprint density at radius 2 is 1.92 bits per heavy atom. The topological polar surface area (TPSA) is 71.8 Å². The Hall–Kier alpha value is -1.92. The van der Waals surface area contributed by atoms with Crippen LogP contribution in [0.1, 0.15) is 55.7 Å². The van der Waals surface area contributed by atoms with Gasteiger partial charge in [0.2, 0.25) is 0 Å². The fraction of sp³-hybridized carbons (Fsp3) is 0.526. The molecule has 1 aromatic heterocycles. The molecule has 1 fully saturated rings. The zero-order chi connectivity index (χ0) is 17.9. The van der Waals surface area contributed by atoms with Crippen LogP contribution in [0.4, 0.5) is 0 Å². The van der Waals surface area contributed by atoms with Crippen LogP contribution >= 0.6 is 12.4 Å². The van der Waals surface area contributed by atoms with E-state index >= 15 is 0 Å². The maximum atomic E-state index is 12.6. The molecular formula is C19H28ClN5O. The highest BCUT2D eigenvalue weighted by atomic mass is 35.5. The zero-order valence-electron chi connectivity index (χ0n) is 15.6. The average Bonchev–Trinajstić information content (AvgIpc) is 3.13. The van der Waals surface area contributed by atoms with Crippen LogP contribution in [-0.4, -0.2) is 40.0 Å². The first-order valence-electron chi connectivity index (χ1n) is 8.97. The summed E-state index contributed by atoms with van der Waals surface area (Å²) in [4.78, 5) is 12.6. The SMILES string of the molecule is CC(NC(=O)c1cn(C2CCNCC2)nn1)C(C)(C)c1ccccc1.Cl. The molecule has 1 amide bonds. The number of amides is 1. The minimum absolute atomic E-state index is 0. The number of aromatic nitrogens is 3. The molecule has 1 aromatic carbocycles. The van der Waals surface area contributed by atoms with Gasteiger partial charge in [0.15, 0.2) is 5.69 Å². The van der Waals surface area contributed by atoms with E-state index in [4.69, 9.17) is 0 Å². The van der Waals surface area contributed by atoms with E-state index in [1.54, 1.807) is 6.20 Å². The Bertz CT molecular complexity index is 710. The van der Waals surface area contributed by atoms with Gasteiger partial charge in [-0.2, -0.15) is 0 Å². The van der Waals surface area contributed by atoms with Gasteiger partial charge in [-0.05, 0) is 38.4 Å². The number of carbonyl (C=O) groups excluding carboxylic acids is 1.